The summed E-state index contributed by atoms with van der Waals surface area (Å²) < 4.78 is 28.8. The highest BCUT2D eigenvalue weighted by atomic mass is 32.2. The Morgan fingerprint density at radius 2 is 2.08 bits per heavy atom. The lowest BCUT2D eigenvalue weighted by Gasteiger charge is -2.13. The molecule has 0 atom stereocenters. The standard InChI is InChI=1S/C18H26N4O2S/c1-2-3-12-25(23,24)20-14-15-13-18(17-10-6-7-11-19-17)22(21-15)16-8-4-5-9-16/h6-7,10-11,13,16,20H,2-5,8-9,12,14H2,1H3. The molecule has 0 radical (unpaired) electrons. The van der Waals surface area contributed by atoms with Crippen molar-refractivity contribution in [1.82, 2.24) is 19.5 Å². The normalized spacial score (nSPS) is 15.7. The van der Waals surface area contributed by atoms with Crippen molar-refractivity contribution in [3.8, 4) is 11.4 Å². The molecule has 1 fully saturated rings. The van der Waals surface area contributed by atoms with Gasteiger partial charge in [-0.15, -0.1) is 0 Å². The van der Waals surface area contributed by atoms with Crippen LogP contribution in [0.25, 0.3) is 11.4 Å². The third kappa shape index (κ3) is 4.67. The Morgan fingerprint density at radius 3 is 2.76 bits per heavy atom. The molecule has 0 bridgehead atoms. The highest BCUT2D eigenvalue weighted by Gasteiger charge is 2.22. The van der Waals surface area contributed by atoms with Crippen LogP contribution in [-0.4, -0.2) is 28.9 Å². The van der Waals surface area contributed by atoms with Crippen LogP contribution < -0.4 is 4.72 Å². The van der Waals surface area contributed by atoms with Gasteiger partial charge in [0.15, 0.2) is 0 Å². The molecular weight excluding hydrogens is 336 g/mol. The molecule has 3 rings (SSSR count). The first kappa shape index (κ1) is 18.1. The summed E-state index contributed by atoms with van der Waals surface area (Å²) in [6.07, 6.45) is 7.96. The molecule has 1 aliphatic rings. The number of sulfonamides is 1. The number of hydrogen-bond donors (Lipinski definition) is 1. The molecule has 1 N–H and O–H groups in total. The molecule has 0 saturated heterocycles. The molecule has 2 heterocycles. The van der Waals surface area contributed by atoms with Crippen LogP contribution in [0.2, 0.25) is 0 Å². The summed E-state index contributed by atoms with van der Waals surface area (Å²) in [5, 5.41) is 4.70. The zero-order chi connectivity index (χ0) is 17.7. The van der Waals surface area contributed by atoms with Crippen molar-refractivity contribution in [3.63, 3.8) is 0 Å². The Morgan fingerprint density at radius 1 is 1.28 bits per heavy atom. The smallest absolute Gasteiger partial charge is 0.211 e. The first-order valence-corrected chi connectivity index (χ1v) is 10.7. The predicted octanol–water partition coefficient (Wildman–Crippen LogP) is 3.28. The molecule has 2 aromatic rings. The Hall–Kier alpha value is -1.73. The molecule has 136 valence electrons. The Balaban J connectivity index is 1.81. The minimum atomic E-state index is -3.24. The SMILES string of the molecule is CCCCS(=O)(=O)NCc1cc(-c2ccccn2)n(C2CCCC2)n1. The third-order valence-corrected chi connectivity index (χ3v) is 6.03. The topological polar surface area (TPSA) is 76.9 Å². The number of nitrogens with zero attached hydrogens (tertiary/aromatic N) is 3. The van der Waals surface area contributed by atoms with Gasteiger partial charge in [-0.2, -0.15) is 5.10 Å². The van der Waals surface area contributed by atoms with Crippen LogP contribution in [0, 0.1) is 0 Å². The molecular formula is C18H26N4O2S. The van der Waals surface area contributed by atoms with Gasteiger partial charge in [0.05, 0.1) is 35.4 Å². The molecule has 6 nitrogen and oxygen atoms in total. The van der Waals surface area contributed by atoms with Crippen molar-refractivity contribution >= 4 is 10.0 Å². The highest BCUT2D eigenvalue weighted by Crippen LogP contribution is 2.33. The number of pyridine rings is 1. The summed E-state index contributed by atoms with van der Waals surface area (Å²) in [6, 6.07) is 8.16. The number of aromatic nitrogens is 3. The maximum Gasteiger partial charge on any atom is 0.211 e. The molecule has 1 saturated carbocycles. The predicted molar refractivity (Wildman–Crippen MR) is 98.5 cm³/mol. The van der Waals surface area contributed by atoms with Crippen LogP contribution in [0.5, 0.6) is 0 Å². The molecule has 1 aliphatic carbocycles. The van der Waals surface area contributed by atoms with E-state index in [1.807, 2.05) is 35.9 Å². The number of nitrogens with one attached hydrogen (secondary N) is 1. The van der Waals surface area contributed by atoms with E-state index in [4.69, 9.17) is 5.10 Å². The lowest BCUT2D eigenvalue weighted by molar-refractivity contribution is 0.466. The maximum atomic E-state index is 12.0. The summed E-state index contributed by atoms with van der Waals surface area (Å²) >= 11 is 0. The fraction of sp³-hybridized carbons (Fsp3) is 0.556. The van der Waals surface area contributed by atoms with E-state index in [0.29, 0.717) is 12.5 Å². The van der Waals surface area contributed by atoms with Crippen molar-refractivity contribution in [2.75, 3.05) is 5.75 Å². The summed E-state index contributed by atoms with van der Waals surface area (Å²) in [6.45, 7) is 2.21. The lowest BCUT2D eigenvalue weighted by Crippen LogP contribution is -2.26. The van der Waals surface area contributed by atoms with Crippen molar-refractivity contribution in [2.45, 2.75) is 58.0 Å². The monoisotopic (exact) mass is 362 g/mol. The van der Waals surface area contributed by atoms with Gasteiger partial charge in [-0.1, -0.05) is 32.3 Å². The average molecular weight is 362 g/mol. The third-order valence-electron chi connectivity index (χ3n) is 4.62. The van der Waals surface area contributed by atoms with E-state index in [2.05, 4.69) is 9.71 Å². The van der Waals surface area contributed by atoms with E-state index in [9.17, 15) is 8.42 Å². The molecule has 7 heteroatoms. The fourth-order valence-corrected chi connectivity index (χ4v) is 4.44. The van der Waals surface area contributed by atoms with Crippen LogP contribution in [0.3, 0.4) is 0 Å². The average Bonchev–Trinajstić information content (AvgIpc) is 3.28. The van der Waals surface area contributed by atoms with Gasteiger partial charge in [-0.25, -0.2) is 13.1 Å². The van der Waals surface area contributed by atoms with Crippen molar-refractivity contribution in [2.24, 2.45) is 0 Å². The minimum absolute atomic E-state index is 0.167. The van der Waals surface area contributed by atoms with E-state index in [-0.39, 0.29) is 12.3 Å². The Bertz CT molecular complexity index is 781. The highest BCUT2D eigenvalue weighted by molar-refractivity contribution is 7.89. The largest absolute Gasteiger partial charge is 0.260 e. The first-order valence-electron chi connectivity index (χ1n) is 9.06. The summed E-state index contributed by atoms with van der Waals surface area (Å²) in [4.78, 5) is 4.44. The summed E-state index contributed by atoms with van der Waals surface area (Å²) in [7, 11) is -3.24. The van der Waals surface area contributed by atoms with Crippen LogP contribution >= 0.6 is 0 Å². The van der Waals surface area contributed by atoms with E-state index in [1.54, 1.807) is 6.20 Å². The molecule has 0 aromatic carbocycles. The van der Waals surface area contributed by atoms with Crippen LogP contribution in [0.4, 0.5) is 0 Å². The first-order chi connectivity index (χ1) is 12.1. The van der Waals surface area contributed by atoms with Crippen LogP contribution in [0.15, 0.2) is 30.5 Å². The second kappa shape index (κ2) is 8.10. The van der Waals surface area contributed by atoms with Crippen molar-refractivity contribution < 1.29 is 8.42 Å². The second-order valence-corrected chi connectivity index (χ2v) is 8.54. The van der Waals surface area contributed by atoms with Gasteiger partial charge < -0.3 is 0 Å². The van der Waals surface area contributed by atoms with Crippen molar-refractivity contribution in [3.05, 3.63) is 36.2 Å². The van der Waals surface area contributed by atoms with Gasteiger partial charge in [0, 0.05) is 6.20 Å². The van der Waals surface area contributed by atoms with Gasteiger partial charge in [0.2, 0.25) is 10.0 Å². The molecule has 25 heavy (non-hydrogen) atoms. The zero-order valence-corrected chi connectivity index (χ0v) is 15.5. The number of rotatable bonds is 8. The van der Waals surface area contributed by atoms with E-state index < -0.39 is 10.0 Å². The maximum absolute atomic E-state index is 12.0. The Kier molecular flexibility index (Phi) is 5.86. The van der Waals surface area contributed by atoms with E-state index in [1.165, 1.54) is 12.8 Å². The summed E-state index contributed by atoms with van der Waals surface area (Å²) in [5.41, 5.74) is 2.59. The van der Waals surface area contributed by atoms with Crippen LogP contribution in [0.1, 0.15) is 57.2 Å². The summed E-state index contributed by atoms with van der Waals surface area (Å²) in [5.74, 6) is 0.167. The van der Waals surface area contributed by atoms with Crippen molar-refractivity contribution in [1.29, 1.82) is 0 Å². The van der Waals surface area contributed by atoms with Gasteiger partial charge in [-0.3, -0.25) is 9.67 Å². The van der Waals surface area contributed by atoms with Gasteiger partial charge in [0.1, 0.15) is 0 Å². The quantitative estimate of drug-likeness (QED) is 0.782. The molecule has 0 aliphatic heterocycles. The second-order valence-electron chi connectivity index (χ2n) is 6.61. The van der Waals surface area contributed by atoms with E-state index in [0.717, 1.165) is 36.3 Å². The number of hydrogen-bond acceptors (Lipinski definition) is 4. The van der Waals surface area contributed by atoms with Gasteiger partial charge in [0.25, 0.3) is 0 Å². The van der Waals surface area contributed by atoms with Gasteiger partial charge >= 0.3 is 0 Å². The molecule has 0 spiro atoms. The minimum Gasteiger partial charge on any atom is -0.260 e. The Labute approximate surface area is 149 Å². The number of unbranched alkanes of at least 4 members (excludes halogenated alkanes) is 1. The molecule has 0 unspecified atom stereocenters. The van der Waals surface area contributed by atoms with Crippen LogP contribution in [-0.2, 0) is 16.6 Å². The van der Waals surface area contributed by atoms with E-state index >= 15 is 0 Å². The molecule has 0 amide bonds. The zero-order valence-electron chi connectivity index (χ0n) is 14.7. The lowest BCUT2D eigenvalue weighted by atomic mass is 10.2. The fourth-order valence-electron chi connectivity index (χ4n) is 3.25. The van der Waals surface area contributed by atoms with Gasteiger partial charge in [-0.05, 0) is 37.5 Å². The molecule has 2 aromatic heterocycles.